The smallest absolute Gasteiger partial charge is 0.277 e. The number of amides is 1. The highest BCUT2D eigenvalue weighted by atomic mass is 32.2. The SMILES string of the molecule is Cc1nnc(SCC(=O)N(Cc2ccccc2)c2ccccc2)o1. The molecule has 1 amide bonds. The summed E-state index contributed by atoms with van der Waals surface area (Å²) in [5.74, 6) is 0.726. The van der Waals surface area contributed by atoms with Crippen LogP contribution in [-0.2, 0) is 11.3 Å². The van der Waals surface area contributed by atoms with Gasteiger partial charge < -0.3 is 9.32 Å². The molecule has 0 aliphatic heterocycles. The van der Waals surface area contributed by atoms with Crippen molar-refractivity contribution in [2.75, 3.05) is 10.7 Å². The number of aryl methyl sites for hydroxylation is 1. The Kier molecular flexibility index (Phi) is 5.28. The summed E-state index contributed by atoms with van der Waals surface area (Å²) in [6, 6.07) is 19.6. The van der Waals surface area contributed by atoms with E-state index in [9.17, 15) is 4.79 Å². The Labute approximate surface area is 144 Å². The van der Waals surface area contributed by atoms with Gasteiger partial charge in [-0.05, 0) is 17.7 Å². The second-order valence-corrected chi connectivity index (χ2v) is 6.10. The highest BCUT2D eigenvalue weighted by molar-refractivity contribution is 7.99. The first-order valence-electron chi connectivity index (χ1n) is 7.54. The van der Waals surface area contributed by atoms with Gasteiger partial charge in [-0.3, -0.25) is 4.79 Å². The minimum Gasteiger partial charge on any atom is -0.416 e. The van der Waals surface area contributed by atoms with Gasteiger partial charge in [-0.15, -0.1) is 10.2 Å². The lowest BCUT2D eigenvalue weighted by molar-refractivity contribution is -0.116. The van der Waals surface area contributed by atoms with Crippen LogP contribution < -0.4 is 4.90 Å². The molecule has 122 valence electrons. The number of aromatic nitrogens is 2. The molecule has 0 saturated heterocycles. The summed E-state index contributed by atoms with van der Waals surface area (Å²) in [7, 11) is 0. The number of para-hydroxylation sites is 1. The minimum absolute atomic E-state index is 0.00842. The number of hydrogen-bond donors (Lipinski definition) is 0. The molecule has 0 atom stereocenters. The molecule has 3 rings (SSSR count). The summed E-state index contributed by atoms with van der Waals surface area (Å²) < 4.78 is 5.31. The van der Waals surface area contributed by atoms with Crippen molar-refractivity contribution < 1.29 is 9.21 Å². The van der Waals surface area contributed by atoms with Gasteiger partial charge in [-0.25, -0.2) is 0 Å². The molecule has 6 heteroatoms. The lowest BCUT2D eigenvalue weighted by atomic mass is 10.2. The van der Waals surface area contributed by atoms with Crippen molar-refractivity contribution in [3.05, 3.63) is 72.1 Å². The molecule has 0 fully saturated rings. The van der Waals surface area contributed by atoms with E-state index >= 15 is 0 Å². The molecule has 5 nitrogen and oxygen atoms in total. The van der Waals surface area contributed by atoms with Crippen molar-refractivity contribution in [1.82, 2.24) is 10.2 Å². The van der Waals surface area contributed by atoms with Crippen LogP contribution in [0.3, 0.4) is 0 Å². The Balaban J connectivity index is 1.74. The molecule has 0 bridgehead atoms. The molecule has 0 unspecified atom stereocenters. The van der Waals surface area contributed by atoms with E-state index in [1.807, 2.05) is 60.7 Å². The van der Waals surface area contributed by atoms with Crippen LogP contribution in [0.1, 0.15) is 11.5 Å². The number of rotatable bonds is 6. The van der Waals surface area contributed by atoms with Gasteiger partial charge >= 0.3 is 0 Å². The second kappa shape index (κ2) is 7.79. The van der Waals surface area contributed by atoms with E-state index in [-0.39, 0.29) is 11.7 Å². The first kappa shape index (κ1) is 16.3. The number of carbonyl (C=O) groups is 1. The fourth-order valence-corrected chi connectivity index (χ4v) is 2.92. The van der Waals surface area contributed by atoms with Gasteiger partial charge in [0.05, 0.1) is 12.3 Å². The molecule has 0 saturated carbocycles. The first-order valence-corrected chi connectivity index (χ1v) is 8.53. The third kappa shape index (κ3) is 4.23. The third-order valence-corrected chi connectivity index (χ3v) is 4.18. The molecule has 0 spiro atoms. The number of benzene rings is 2. The van der Waals surface area contributed by atoms with Gasteiger partial charge in [0.1, 0.15) is 0 Å². The highest BCUT2D eigenvalue weighted by Gasteiger charge is 2.17. The summed E-state index contributed by atoms with van der Waals surface area (Å²) >= 11 is 1.25. The van der Waals surface area contributed by atoms with E-state index in [1.54, 1.807) is 11.8 Å². The summed E-state index contributed by atoms with van der Waals surface area (Å²) in [6.45, 7) is 2.25. The maximum atomic E-state index is 12.7. The van der Waals surface area contributed by atoms with Gasteiger partial charge in [-0.1, -0.05) is 60.3 Å². The minimum atomic E-state index is -0.00842. The van der Waals surface area contributed by atoms with Crippen molar-refractivity contribution in [2.45, 2.75) is 18.7 Å². The molecule has 1 heterocycles. The standard InChI is InChI=1S/C18H17N3O2S/c1-14-19-20-18(23-14)24-13-17(22)21(16-10-6-3-7-11-16)12-15-8-4-2-5-9-15/h2-11H,12-13H2,1H3. The number of hydrogen-bond acceptors (Lipinski definition) is 5. The van der Waals surface area contributed by atoms with Gasteiger partial charge in [0.2, 0.25) is 11.8 Å². The maximum absolute atomic E-state index is 12.7. The number of thioether (sulfide) groups is 1. The Morgan fingerprint density at radius 1 is 1.04 bits per heavy atom. The number of anilines is 1. The third-order valence-electron chi connectivity index (χ3n) is 3.38. The normalized spacial score (nSPS) is 10.5. The van der Waals surface area contributed by atoms with Gasteiger partial charge in [-0.2, -0.15) is 0 Å². The van der Waals surface area contributed by atoms with Gasteiger partial charge in [0.25, 0.3) is 5.22 Å². The fourth-order valence-electron chi connectivity index (χ4n) is 2.24. The van der Waals surface area contributed by atoms with E-state index in [2.05, 4.69) is 10.2 Å². The Morgan fingerprint density at radius 2 is 1.71 bits per heavy atom. The molecular weight excluding hydrogens is 322 g/mol. The monoisotopic (exact) mass is 339 g/mol. The Bertz CT molecular complexity index is 790. The molecular formula is C18H17N3O2S. The zero-order chi connectivity index (χ0) is 16.8. The van der Waals surface area contributed by atoms with E-state index < -0.39 is 0 Å². The number of carbonyl (C=O) groups excluding carboxylic acids is 1. The molecule has 0 aliphatic carbocycles. The Morgan fingerprint density at radius 3 is 2.33 bits per heavy atom. The highest BCUT2D eigenvalue weighted by Crippen LogP contribution is 2.21. The van der Waals surface area contributed by atoms with Gasteiger partial charge in [0.15, 0.2) is 0 Å². The fraction of sp³-hybridized carbons (Fsp3) is 0.167. The van der Waals surface area contributed by atoms with Crippen LogP contribution in [0, 0.1) is 6.92 Å². The van der Waals surface area contributed by atoms with Crippen molar-refractivity contribution in [2.24, 2.45) is 0 Å². The predicted octanol–water partition coefficient (Wildman–Crippen LogP) is 3.70. The lowest BCUT2D eigenvalue weighted by Gasteiger charge is -2.22. The molecule has 0 aliphatic rings. The van der Waals surface area contributed by atoms with E-state index in [0.29, 0.717) is 17.7 Å². The topological polar surface area (TPSA) is 59.2 Å². The molecule has 24 heavy (non-hydrogen) atoms. The largest absolute Gasteiger partial charge is 0.416 e. The van der Waals surface area contributed by atoms with Crippen LogP contribution >= 0.6 is 11.8 Å². The summed E-state index contributed by atoms with van der Waals surface area (Å²) in [6.07, 6.45) is 0. The van der Waals surface area contributed by atoms with Gasteiger partial charge in [0, 0.05) is 12.6 Å². The van der Waals surface area contributed by atoms with Crippen LogP contribution in [0.2, 0.25) is 0 Å². The first-order chi connectivity index (χ1) is 11.7. The molecule has 3 aromatic rings. The second-order valence-electron chi connectivity index (χ2n) is 5.18. The van der Waals surface area contributed by atoms with E-state index in [0.717, 1.165) is 11.3 Å². The quantitative estimate of drug-likeness (QED) is 0.641. The van der Waals surface area contributed by atoms with Crippen LogP contribution in [0.5, 0.6) is 0 Å². The van der Waals surface area contributed by atoms with Crippen molar-refractivity contribution >= 4 is 23.4 Å². The van der Waals surface area contributed by atoms with Crippen LogP contribution in [-0.4, -0.2) is 21.9 Å². The zero-order valence-electron chi connectivity index (χ0n) is 13.3. The lowest BCUT2D eigenvalue weighted by Crippen LogP contribution is -2.31. The summed E-state index contributed by atoms with van der Waals surface area (Å²) in [5.41, 5.74) is 1.95. The Hall–Kier alpha value is -2.60. The predicted molar refractivity (Wildman–Crippen MR) is 93.8 cm³/mol. The molecule has 2 aromatic carbocycles. The van der Waals surface area contributed by atoms with Crippen molar-refractivity contribution in [3.8, 4) is 0 Å². The van der Waals surface area contributed by atoms with Crippen LogP contribution in [0.15, 0.2) is 70.3 Å². The molecule has 1 aromatic heterocycles. The van der Waals surface area contributed by atoms with E-state index in [1.165, 1.54) is 11.8 Å². The van der Waals surface area contributed by atoms with E-state index in [4.69, 9.17) is 4.42 Å². The molecule has 0 radical (unpaired) electrons. The number of nitrogens with zero attached hydrogens (tertiary/aromatic N) is 3. The molecule has 0 N–H and O–H groups in total. The van der Waals surface area contributed by atoms with Crippen LogP contribution in [0.25, 0.3) is 0 Å². The summed E-state index contributed by atoms with van der Waals surface area (Å²) in [4.78, 5) is 14.5. The maximum Gasteiger partial charge on any atom is 0.277 e. The zero-order valence-corrected chi connectivity index (χ0v) is 14.1. The van der Waals surface area contributed by atoms with Crippen molar-refractivity contribution in [1.29, 1.82) is 0 Å². The summed E-state index contributed by atoms with van der Waals surface area (Å²) in [5, 5.41) is 8.09. The average molecular weight is 339 g/mol. The van der Waals surface area contributed by atoms with Crippen LogP contribution in [0.4, 0.5) is 5.69 Å². The van der Waals surface area contributed by atoms with Crippen molar-refractivity contribution in [3.63, 3.8) is 0 Å². The average Bonchev–Trinajstić information content (AvgIpc) is 3.04.